The number of quaternary nitrogens is 1. The van der Waals surface area contributed by atoms with Crippen molar-refractivity contribution >= 4 is 17.5 Å². The number of nitrogens with zero attached hydrogens (tertiary/aromatic N) is 1. The first kappa shape index (κ1) is 18.0. The van der Waals surface area contributed by atoms with E-state index in [-0.39, 0.29) is 30.8 Å². The van der Waals surface area contributed by atoms with Crippen molar-refractivity contribution in [1.29, 1.82) is 5.26 Å². The Hall–Kier alpha value is -2.39. The second-order valence-electron chi connectivity index (χ2n) is 6.86. The summed E-state index contributed by atoms with van der Waals surface area (Å²) in [5.41, 5.74) is 1.08. The van der Waals surface area contributed by atoms with Crippen molar-refractivity contribution in [1.82, 2.24) is 5.32 Å². The van der Waals surface area contributed by atoms with E-state index in [0.717, 1.165) is 29.0 Å². The van der Waals surface area contributed by atoms with Gasteiger partial charge in [0.05, 0.1) is 13.1 Å². The van der Waals surface area contributed by atoms with Gasteiger partial charge < -0.3 is 15.5 Å². The molecule has 0 aliphatic heterocycles. The molecule has 3 N–H and O–H groups in total. The van der Waals surface area contributed by atoms with E-state index in [4.69, 9.17) is 0 Å². The number of carbonyl (C=O) groups excluding carboxylic acids is 2. The molecule has 1 aromatic carbocycles. The highest BCUT2D eigenvalue weighted by atomic mass is 16.2. The van der Waals surface area contributed by atoms with Crippen LogP contribution >= 0.6 is 0 Å². The Morgan fingerprint density at radius 3 is 2.38 bits per heavy atom. The van der Waals surface area contributed by atoms with E-state index in [0.29, 0.717) is 0 Å². The number of carbonyl (C=O) groups is 2. The van der Waals surface area contributed by atoms with E-state index in [2.05, 4.69) is 16.7 Å². The van der Waals surface area contributed by atoms with Crippen LogP contribution in [0, 0.1) is 24.2 Å². The topological polar surface area (TPSA) is 86.4 Å². The lowest BCUT2D eigenvalue weighted by Gasteiger charge is -2.23. The summed E-state index contributed by atoms with van der Waals surface area (Å²) in [6.07, 6.45) is 1.96. The minimum Gasteiger partial charge on any atom is -0.333 e. The lowest BCUT2D eigenvalue weighted by molar-refractivity contribution is -0.862. The zero-order valence-electron chi connectivity index (χ0n) is 14.5. The highest BCUT2D eigenvalue weighted by Crippen LogP contribution is 2.39. The molecule has 0 radical (unpaired) electrons. The molecule has 1 unspecified atom stereocenters. The Balaban J connectivity index is 1.78. The van der Waals surface area contributed by atoms with Crippen molar-refractivity contribution < 1.29 is 14.5 Å². The standard InChI is InChI=1S/C18H24N4O2/c1-13-4-8-15(9-5-13)20-16(23)10-22(3)11-17(24)21-18(2,12-19)14-6-7-14/h4-5,8-9,14H,6-7,10-11H2,1-3H3,(H,20,23)(H,21,24)/p+1/t18-/m1/s1. The summed E-state index contributed by atoms with van der Waals surface area (Å²) in [7, 11) is 1.79. The third-order valence-electron chi connectivity index (χ3n) is 4.29. The molecule has 6 nitrogen and oxygen atoms in total. The molecule has 128 valence electrons. The van der Waals surface area contributed by atoms with Gasteiger partial charge in [0.15, 0.2) is 13.1 Å². The molecule has 6 heteroatoms. The maximum atomic E-state index is 12.1. The molecule has 1 aliphatic carbocycles. The quantitative estimate of drug-likeness (QED) is 0.670. The molecule has 24 heavy (non-hydrogen) atoms. The van der Waals surface area contributed by atoms with Gasteiger partial charge in [-0.05, 0) is 44.7 Å². The van der Waals surface area contributed by atoms with E-state index in [9.17, 15) is 14.9 Å². The largest absolute Gasteiger partial charge is 0.333 e. The van der Waals surface area contributed by atoms with Crippen LogP contribution in [-0.2, 0) is 9.59 Å². The predicted molar refractivity (Wildman–Crippen MR) is 91.3 cm³/mol. The van der Waals surface area contributed by atoms with Crippen molar-refractivity contribution in [2.75, 3.05) is 25.5 Å². The summed E-state index contributed by atoms with van der Waals surface area (Å²) in [5.74, 6) is -0.0995. The molecule has 0 aromatic heterocycles. The second-order valence-corrected chi connectivity index (χ2v) is 6.86. The van der Waals surface area contributed by atoms with Crippen molar-refractivity contribution in [3.63, 3.8) is 0 Å². The number of likely N-dealkylation sites (N-methyl/N-ethyl adjacent to an activating group) is 1. The van der Waals surface area contributed by atoms with Crippen LogP contribution in [0.3, 0.4) is 0 Å². The molecule has 0 spiro atoms. The Kier molecular flexibility index (Phi) is 5.58. The smallest absolute Gasteiger partial charge is 0.279 e. The van der Waals surface area contributed by atoms with Gasteiger partial charge >= 0.3 is 0 Å². The molecule has 0 bridgehead atoms. The van der Waals surface area contributed by atoms with Gasteiger partial charge in [0.25, 0.3) is 11.8 Å². The number of aryl methyl sites for hydroxylation is 1. The summed E-state index contributed by atoms with van der Waals surface area (Å²) in [5, 5.41) is 14.9. The lowest BCUT2D eigenvalue weighted by atomic mass is 9.98. The zero-order valence-corrected chi connectivity index (χ0v) is 14.5. The number of amides is 2. The third-order valence-corrected chi connectivity index (χ3v) is 4.29. The van der Waals surface area contributed by atoms with Crippen LogP contribution in [0.1, 0.15) is 25.3 Å². The number of hydrogen-bond acceptors (Lipinski definition) is 3. The van der Waals surface area contributed by atoms with E-state index < -0.39 is 5.54 Å². The van der Waals surface area contributed by atoms with Crippen molar-refractivity contribution in [3.8, 4) is 6.07 Å². The molecule has 0 heterocycles. The van der Waals surface area contributed by atoms with Gasteiger partial charge in [-0.25, -0.2) is 0 Å². The maximum absolute atomic E-state index is 12.1. The van der Waals surface area contributed by atoms with Crippen molar-refractivity contribution in [2.45, 2.75) is 32.2 Å². The Labute approximate surface area is 142 Å². The first-order valence-electron chi connectivity index (χ1n) is 8.22. The maximum Gasteiger partial charge on any atom is 0.279 e. The van der Waals surface area contributed by atoms with Crippen LogP contribution in [0.25, 0.3) is 0 Å². The van der Waals surface area contributed by atoms with Crippen LogP contribution in [-0.4, -0.2) is 37.5 Å². The molecule has 1 saturated carbocycles. The fourth-order valence-electron chi connectivity index (χ4n) is 2.67. The number of hydrogen-bond donors (Lipinski definition) is 3. The Bertz CT molecular complexity index is 646. The van der Waals surface area contributed by atoms with E-state index in [1.54, 1.807) is 14.0 Å². The van der Waals surface area contributed by atoms with Gasteiger partial charge in [-0.15, -0.1) is 0 Å². The molecule has 2 atom stereocenters. The number of anilines is 1. The van der Waals surface area contributed by atoms with Gasteiger partial charge in [-0.2, -0.15) is 5.26 Å². The van der Waals surface area contributed by atoms with Gasteiger partial charge in [0.2, 0.25) is 0 Å². The van der Waals surface area contributed by atoms with Crippen LogP contribution in [0.5, 0.6) is 0 Å². The summed E-state index contributed by atoms with van der Waals surface area (Å²) in [6.45, 7) is 4.10. The Morgan fingerprint density at radius 2 is 1.83 bits per heavy atom. The van der Waals surface area contributed by atoms with Crippen LogP contribution < -0.4 is 15.5 Å². The second kappa shape index (κ2) is 7.45. The highest BCUT2D eigenvalue weighted by molar-refractivity contribution is 5.91. The molecule has 2 amide bonds. The SMILES string of the molecule is Cc1ccc(NC(=O)C[NH+](C)CC(=O)N[C@](C)(C#N)C2CC2)cc1. The fraction of sp³-hybridized carbons (Fsp3) is 0.500. The van der Waals surface area contributed by atoms with Crippen LogP contribution in [0.4, 0.5) is 5.69 Å². The average molecular weight is 329 g/mol. The summed E-state index contributed by atoms with van der Waals surface area (Å²) in [4.78, 5) is 24.9. The van der Waals surface area contributed by atoms with Gasteiger partial charge in [0, 0.05) is 5.69 Å². The fourth-order valence-corrected chi connectivity index (χ4v) is 2.67. The third kappa shape index (κ3) is 5.07. The number of nitrogens with one attached hydrogen (secondary N) is 3. The number of rotatable bonds is 7. The minimum absolute atomic E-state index is 0.144. The monoisotopic (exact) mass is 329 g/mol. The highest BCUT2D eigenvalue weighted by Gasteiger charge is 2.43. The van der Waals surface area contributed by atoms with E-state index in [1.165, 1.54) is 0 Å². The van der Waals surface area contributed by atoms with Gasteiger partial charge in [0.1, 0.15) is 5.54 Å². The summed E-state index contributed by atoms with van der Waals surface area (Å²) in [6, 6.07) is 9.76. The zero-order chi connectivity index (χ0) is 17.7. The normalized spacial score (nSPS) is 17.2. The van der Waals surface area contributed by atoms with Gasteiger partial charge in [-0.3, -0.25) is 9.59 Å². The molecule has 1 aromatic rings. The predicted octanol–water partition coefficient (Wildman–Crippen LogP) is 0.257. The number of benzene rings is 1. The van der Waals surface area contributed by atoms with E-state index in [1.807, 2.05) is 31.2 Å². The summed E-state index contributed by atoms with van der Waals surface area (Å²) >= 11 is 0. The van der Waals surface area contributed by atoms with Crippen molar-refractivity contribution in [3.05, 3.63) is 29.8 Å². The van der Waals surface area contributed by atoms with Crippen LogP contribution in [0.15, 0.2) is 24.3 Å². The lowest BCUT2D eigenvalue weighted by Crippen LogP contribution is -3.11. The first-order chi connectivity index (χ1) is 11.3. The van der Waals surface area contributed by atoms with E-state index >= 15 is 0 Å². The molecule has 1 aliphatic rings. The minimum atomic E-state index is -0.790. The summed E-state index contributed by atoms with van der Waals surface area (Å²) < 4.78 is 0. The average Bonchev–Trinajstić information content (AvgIpc) is 3.34. The molecular formula is C18H25N4O2+. The molecular weight excluding hydrogens is 304 g/mol. The van der Waals surface area contributed by atoms with Crippen molar-refractivity contribution in [2.24, 2.45) is 5.92 Å². The molecule has 0 saturated heterocycles. The first-order valence-corrected chi connectivity index (χ1v) is 8.22. The van der Waals surface area contributed by atoms with Gasteiger partial charge in [-0.1, -0.05) is 17.7 Å². The molecule has 2 rings (SSSR count). The number of nitriles is 1. The van der Waals surface area contributed by atoms with Crippen LogP contribution in [0.2, 0.25) is 0 Å². The Morgan fingerprint density at radius 1 is 1.25 bits per heavy atom. The molecule has 1 fully saturated rings.